The molecule has 8 nitrogen and oxygen atoms in total. The summed E-state index contributed by atoms with van der Waals surface area (Å²) in [5, 5.41) is 2.33. The number of nitrogens with one attached hydrogen (secondary N) is 1. The highest BCUT2D eigenvalue weighted by Gasteiger charge is 2.54. The number of hydrogen-bond donors (Lipinski definition) is 1. The van der Waals surface area contributed by atoms with Crippen LogP contribution in [0.1, 0.15) is 32.1 Å². The maximum atomic E-state index is 13.0. The van der Waals surface area contributed by atoms with Crippen LogP contribution >= 0.6 is 0 Å². The van der Waals surface area contributed by atoms with E-state index in [1.807, 2.05) is 19.2 Å². The standard InChI is InChI=1S/C22H33N3O5S/c1-24(17-8-4-3-5-9-17)12-18-13-30-22(16-31(18,27)28)14-25(15-22)21(26)23-19-10-6-7-11-20(19)29-2/h6-7,10-11,17-18H,3-5,8-9,12-16H2,1-2H3,(H,23,26)/t18-/m0/s1. The van der Waals surface area contributed by atoms with E-state index in [1.165, 1.54) is 19.3 Å². The van der Waals surface area contributed by atoms with Crippen molar-refractivity contribution in [1.82, 2.24) is 9.80 Å². The van der Waals surface area contributed by atoms with Gasteiger partial charge in [0.05, 0.1) is 43.5 Å². The van der Waals surface area contributed by atoms with Crippen molar-refractivity contribution in [2.24, 2.45) is 0 Å². The first-order valence-corrected chi connectivity index (χ1v) is 12.8. The summed E-state index contributed by atoms with van der Waals surface area (Å²) in [6, 6.07) is 7.37. The SMILES string of the molecule is COc1ccccc1NC(=O)N1CC2(C1)CS(=O)(=O)[C@@H](CN(C)C1CCCCC1)CO2. The molecule has 0 unspecified atom stereocenters. The van der Waals surface area contributed by atoms with Gasteiger partial charge in [-0.25, -0.2) is 13.2 Å². The first kappa shape index (κ1) is 22.4. The van der Waals surface area contributed by atoms with Crippen LogP contribution in [0.3, 0.4) is 0 Å². The molecule has 0 bridgehead atoms. The molecule has 1 saturated carbocycles. The predicted molar refractivity (Wildman–Crippen MR) is 119 cm³/mol. The first-order valence-electron chi connectivity index (χ1n) is 11.1. The Morgan fingerprint density at radius 1 is 1.26 bits per heavy atom. The largest absolute Gasteiger partial charge is 0.495 e. The molecule has 2 amide bonds. The van der Waals surface area contributed by atoms with E-state index in [-0.39, 0.29) is 31.5 Å². The molecular formula is C22H33N3O5S. The fraction of sp³-hybridized carbons (Fsp3) is 0.682. The summed E-state index contributed by atoms with van der Waals surface area (Å²) >= 11 is 0. The number of sulfone groups is 1. The van der Waals surface area contributed by atoms with Crippen LogP contribution in [0.25, 0.3) is 0 Å². The van der Waals surface area contributed by atoms with Crippen molar-refractivity contribution in [3.8, 4) is 5.75 Å². The van der Waals surface area contributed by atoms with Crippen LogP contribution in [0, 0.1) is 0 Å². The summed E-state index contributed by atoms with van der Waals surface area (Å²) in [6.45, 7) is 1.26. The van der Waals surface area contributed by atoms with Crippen LogP contribution in [0.15, 0.2) is 24.3 Å². The van der Waals surface area contributed by atoms with Gasteiger partial charge < -0.3 is 24.6 Å². The Balaban J connectivity index is 1.31. The van der Waals surface area contributed by atoms with Gasteiger partial charge in [0.15, 0.2) is 9.84 Å². The number of carbonyl (C=O) groups excluding carboxylic acids is 1. The number of urea groups is 1. The van der Waals surface area contributed by atoms with Gasteiger partial charge in [-0.2, -0.15) is 0 Å². The second kappa shape index (κ2) is 8.96. The molecule has 3 fully saturated rings. The van der Waals surface area contributed by atoms with Crippen molar-refractivity contribution in [2.45, 2.75) is 49.0 Å². The van der Waals surface area contributed by atoms with Crippen molar-refractivity contribution in [2.75, 3.05) is 51.5 Å². The van der Waals surface area contributed by atoms with E-state index in [9.17, 15) is 13.2 Å². The highest BCUT2D eigenvalue weighted by molar-refractivity contribution is 7.92. The van der Waals surface area contributed by atoms with Crippen molar-refractivity contribution < 1.29 is 22.7 Å². The molecule has 9 heteroatoms. The minimum absolute atomic E-state index is 0.0262. The Morgan fingerprint density at radius 3 is 2.65 bits per heavy atom. The van der Waals surface area contributed by atoms with E-state index in [2.05, 4.69) is 10.2 Å². The number of likely N-dealkylation sites (tertiary alicyclic amines) is 1. The van der Waals surface area contributed by atoms with Crippen LogP contribution in [0.5, 0.6) is 5.75 Å². The van der Waals surface area contributed by atoms with Crippen molar-refractivity contribution in [3.05, 3.63) is 24.3 Å². The molecule has 2 heterocycles. The lowest BCUT2D eigenvalue weighted by Crippen LogP contribution is -2.71. The Bertz CT molecular complexity index is 894. The number of rotatable bonds is 5. The minimum Gasteiger partial charge on any atom is -0.495 e. The predicted octanol–water partition coefficient (Wildman–Crippen LogP) is 2.36. The van der Waals surface area contributed by atoms with Crippen molar-refractivity contribution >= 4 is 21.6 Å². The summed E-state index contributed by atoms with van der Waals surface area (Å²) in [4.78, 5) is 16.4. The molecule has 3 aliphatic rings. The molecule has 4 rings (SSSR count). The fourth-order valence-electron chi connectivity index (χ4n) is 4.98. The molecule has 172 valence electrons. The number of anilines is 1. The molecule has 0 aromatic heterocycles. The van der Waals surface area contributed by atoms with Gasteiger partial charge in [0.1, 0.15) is 11.4 Å². The average molecular weight is 452 g/mol. The molecular weight excluding hydrogens is 418 g/mol. The van der Waals surface area contributed by atoms with Gasteiger partial charge in [-0.1, -0.05) is 31.4 Å². The third-order valence-electron chi connectivity index (χ3n) is 6.83. The monoisotopic (exact) mass is 451 g/mol. The number of para-hydroxylation sites is 2. The second-order valence-corrected chi connectivity index (χ2v) is 11.4. The van der Waals surface area contributed by atoms with Crippen LogP contribution in [-0.2, 0) is 14.6 Å². The highest BCUT2D eigenvalue weighted by atomic mass is 32.2. The van der Waals surface area contributed by atoms with Gasteiger partial charge in [-0.05, 0) is 32.0 Å². The molecule has 2 saturated heterocycles. The van der Waals surface area contributed by atoms with E-state index < -0.39 is 20.7 Å². The number of hydrogen-bond acceptors (Lipinski definition) is 6. The molecule has 1 spiro atoms. The van der Waals surface area contributed by atoms with Gasteiger partial charge in [0.2, 0.25) is 0 Å². The summed E-state index contributed by atoms with van der Waals surface area (Å²) in [5.74, 6) is 0.550. The zero-order chi connectivity index (χ0) is 22.1. The normalized spacial score (nSPS) is 25.3. The van der Waals surface area contributed by atoms with Gasteiger partial charge >= 0.3 is 6.03 Å². The molecule has 31 heavy (non-hydrogen) atoms. The molecule has 1 atom stereocenters. The highest BCUT2D eigenvalue weighted by Crippen LogP contribution is 2.34. The van der Waals surface area contributed by atoms with Crippen LogP contribution in [0.2, 0.25) is 0 Å². The second-order valence-electron chi connectivity index (χ2n) is 9.14. The smallest absolute Gasteiger partial charge is 0.322 e. The number of amides is 2. The summed E-state index contributed by atoms with van der Waals surface area (Å²) in [5.41, 5.74) is -0.199. The van der Waals surface area contributed by atoms with Crippen LogP contribution in [0.4, 0.5) is 10.5 Å². The first-order chi connectivity index (χ1) is 14.8. The maximum Gasteiger partial charge on any atom is 0.322 e. The maximum absolute atomic E-state index is 13.0. The summed E-state index contributed by atoms with van der Waals surface area (Å²) in [7, 11) is 0.290. The zero-order valence-electron chi connectivity index (χ0n) is 18.4. The summed E-state index contributed by atoms with van der Waals surface area (Å²) < 4.78 is 37.4. The Labute approximate surface area is 184 Å². The van der Waals surface area contributed by atoms with E-state index in [0.29, 0.717) is 24.0 Å². The fourth-order valence-corrected chi connectivity index (χ4v) is 6.95. The zero-order valence-corrected chi connectivity index (χ0v) is 19.2. The van der Waals surface area contributed by atoms with Gasteiger partial charge in [0, 0.05) is 12.6 Å². The van der Waals surface area contributed by atoms with Crippen LogP contribution < -0.4 is 10.1 Å². The minimum atomic E-state index is -3.29. The molecule has 1 aliphatic carbocycles. The topological polar surface area (TPSA) is 88.2 Å². The van der Waals surface area contributed by atoms with Crippen molar-refractivity contribution in [3.63, 3.8) is 0 Å². The van der Waals surface area contributed by atoms with Gasteiger partial charge in [-0.15, -0.1) is 0 Å². The lowest BCUT2D eigenvalue weighted by molar-refractivity contribution is -0.117. The van der Waals surface area contributed by atoms with Gasteiger partial charge in [-0.3, -0.25) is 0 Å². The lowest BCUT2D eigenvalue weighted by atomic mass is 9.94. The Morgan fingerprint density at radius 2 is 1.97 bits per heavy atom. The third kappa shape index (κ3) is 4.83. The molecule has 1 aromatic carbocycles. The number of ether oxygens (including phenoxy) is 2. The third-order valence-corrected chi connectivity index (χ3v) is 9.06. The van der Waals surface area contributed by atoms with Crippen molar-refractivity contribution in [1.29, 1.82) is 0 Å². The number of nitrogens with zero attached hydrogens (tertiary/aromatic N) is 2. The molecule has 0 radical (unpaired) electrons. The Hall–Kier alpha value is -1.84. The molecule has 1 N–H and O–H groups in total. The van der Waals surface area contributed by atoms with E-state index in [1.54, 1.807) is 24.1 Å². The van der Waals surface area contributed by atoms with Crippen LogP contribution in [-0.4, -0.2) is 87.3 Å². The van der Waals surface area contributed by atoms with E-state index in [4.69, 9.17) is 9.47 Å². The van der Waals surface area contributed by atoms with Gasteiger partial charge in [0.25, 0.3) is 0 Å². The summed E-state index contributed by atoms with van der Waals surface area (Å²) in [6.07, 6.45) is 6.01. The lowest BCUT2D eigenvalue weighted by Gasteiger charge is -2.52. The molecule has 1 aromatic rings. The Kier molecular flexibility index (Phi) is 6.46. The molecule has 2 aliphatic heterocycles. The number of carbonyl (C=O) groups is 1. The van der Waals surface area contributed by atoms with E-state index >= 15 is 0 Å². The number of benzene rings is 1. The number of methoxy groups -OCH3 is 1. The average Bonchev–Trinajstić information content (AvgIpc) is 2.74. The quantitative estimate of drug-likeness (QED) is 0.739. The van der Waals surface area contributed by atoms with E-state index in [0.717, 1.165) is 12.8 Å².